The Balaban J connectivity index is 2.24. The largest absolute Gasteiger partial charge is 0.383 e. The average molecular weight is 262 g/mol. The van der Waals surface area contributed by atoms with Crippen molar-refractivity contribution >= 4 is 23.0 Å². The maximum atomic E-state index is 5.85. The number of nitrogens with one attached hydrogen (secondary N) is 1. The minimum Gasteiger partial charge on any atom is -0.383 e. The normalized spacial score (nSPS) is 12.4. The molecule has 0 bridgehead atoms. The first-order valence-electron chi connectivity index (χ1n) is 5.91. The quantitative estimate of drug-likeness (QED) is 0.891. The second-order valence-electron chi connectivity index (χ2n) is 4.44. The van der Waals surface area contributed by atoms with Crippen molar-refractivity contribution in [1.82, 2.24) is 9.97 Å². The average Bonchev–Trinajstić information content (AvgIpc) is 2.72. The number of nitrogens with two attached hydrogens (primary N) is 1. The summed E-state index contributed by atoms with van der Waals surface area (Å²) < 4.78 is 0. The van der Waals surface area contributed by atoms with Crippen LogP contribution in [0.4, 0.5) is 11.6 Å². The van der Waals surface area contributed by atoms with Gasteiger partial charge in [0.2, 0.25) is 0 Å². The van der Waals surface area contributed by atoms with Crippen molar-refractivity contribution in [3.8, 4) is 0 Å². The molecule has 0 saturated heterocycles. The predicted molar refractivity (Wildman–Crippen MR) is 77.0 cm³/mol. The first-order valence-corrected chi connectivity index (χ1v) is 6.72. The van der Waals surface area contributed by atoms with Gasteiger partial charge in [0.05, 0.1) is 6.04 Å². The molecule has 0 aliphatic rings. The lowest BCUT2D eigenvalue weighted by molar-refractivity contribution is 0.882. The van der Waals surface area contributed by atoms with Gasteiger partial charge in [-0.25, -0.2) is 9.97 Å². The molecule has 0 aliphatic carbocycles. The standard InChI is InChI=1S/C13H18N4S/c1-7-5-6-11(18-7)9(3)15-13-8(2)12(14)16-10(4)17-13/h5-6,9H,1-4H3,(H3,14,15,16,17). The zero-order chi connectivity index (χ0) is 13.3. The lowest BCUT2D eigenvalue weighted by Gasteiger charge is -2.16. The molecule has 0 amide bonds. The number of aromatic nitrogens is 2. The monoisotopic (exact) mass is 262 g/mol. The van der Waals surface area contributed by atoms with Crippen LogP contribution in [0.1, 0.15) is 34.1 Å². The van der Waals surface area contributed by atoms with Crippen LogP contribution in [-0.4, -0.2) is 9.97 Å². The number of nitrogens with zero attached hydrogens (tertiary/aromatic N) is 2. The van der Waals surface area contributed by atoms with Gasteiger partial charge in [-0.05, 0) is 39.8 Å². The summed E-state index contributed by atoms with van der Waals surface area (Å²) in [4.78, 5) is 11.2. The predicted octanol–water partition coefficient (Wildman–Crippen LogP) is 3.22. The number of hydrogen-bond acceptors (Lipinski definition) is 5. The second-order valence-corrected chi connectivity index (χ2v) is 5.76. The van der Waals surface area contributed by atoms with E-state index in [1.807, 2.05) is 13.8 Å². The molecule has 1 unspecified atom stereocenters. The highest BCUT2D eigenvalue weighted by Crippen LogP contribution is 2.27. The van der Waals surface area contributed by atoms with Crippen LogP contribution < -0.4 is 11.1 Å². The topological polar surface area (TPSA) is 63.8 Å². The molecule has 1 atom stereocenters. The fraction of sp³-hybridized carbons (Fsp3) is 0.385. The van der Waals surface area contributed by atoms with Crippen LogP contribution in [0, 0.1) is 20.8 Å². The maximum Gasteiger partial charge on any atom is 0.135 e. The third kappa shape index (κ3) is 2.61. The maximum absolute atomic E-state index is 5.85. The minimum absolute atomic E-state index is 0.219. The van der Waals surface area contributed by atoms with Gasteiger partial charge < -0.3 is 11.1 Å². The Hall–Kier alpha value is -1.62. The Bertz CT molecular complexity index is 562. The smallest absolute Gasteiger partial charge is 0.135 e. The number of rotatable bonds is 3. The third-order valence-corrected chi connectivity index (χ3v) is 4.02. The highest BCUT2D eigenvalue weighted by Gasteiger charge is 2.12. The van der Waals surface area contributed by atoms with E-state index in [0.29, 0.717) is 11.6 Å². The van der Waals surface area contributed by atoms with Crippen LogP contribution in [0.15, 0.2) is 12.1 Å². The zero-order valence-electron chi connectivity index (χ0n) is 11.1. The molecule has 0 fully saturated rings. The van der Waals surface area contributed by atoms with Gasteiger partial charge >= 0.3 is 0 Å². The molecule has 4 nitrogen and oxygen atoms in total. The summed E-state index contributed by atoms with van der Waals surface area (Å²) in [6, 6.07) is 4.49. The van der Waals surface area contributed by atoms with Crippen molar-refractivity contribution in [2.45, 2.75) is 33.7 Å². The van der Waals surface area contributed by atoms with Gasteiger partial charge in [0, 0.05) is 15.3 Å². The summed E-state index contributed by atoms with van der Waals surface area (Å²) in [5.41, 5.74) is 6.75. The Labute approximate surface area is 111 Å². The molecule has 0 spiro atoms. The van der Waals surface area contributed by atoms with Gasteiger partial charge in [0.1, 0.15) is 17.5 Å². The molecule has 0 saturated carbocycles. The summed E-state index contributed by atoms with van der Waals surface area (Å²) in [7, 11) is 0. The van der Waals surface area contributed by atoms with Crippen molar-refractivity contribution in [3.05, 3.63) is 33.3 Å². The van der Waals surface area contributed by atoms with Gasteiger partial charge in [0.25, 0.3) is 0 Å². The molecule has 2 aromatic rings. The van der Waals surface area contributed by atoms with Crippen molar-refractivity contribution in [3.63, 3.8) is 0 Å². The highest BCUT2D eigenvalue weighted by atomic mass is 32.1. The van der Waals surface area contributed by atoms with Crippen LogP contribution in [0.2, 0.25) is 0 Å². The first-order chi connectivity index (χ1) is 8.47. The molecule has 3 N–H and O–H groups in total. The number of nitrogen functional groups attached to an aromatic ring is 1. The molecule has 18 heavy (non-hydrogen) atoms. The van der Waals surface area contributed by atoms with Crippen LogP contribution in [0.3, 0.4) is 0 Å². The van der Waals surface area contributed by atoms with Crippen molar-refractivity contribution in [1.29, 1.82) is 0 Å². The molecule has 5 heteroatoms. The molecule has 0 aliphatic heterocycles. The minimum atomic E-state index is 0.219. The molecule has 0 aromatic carbocycles. The lowest BCUT2D eigenvalue weighted by Crippen LogP contribution is -2.11. The summed E-state index contributed by atoms with van der Waals surface area (Å²) in [5, 5.41) is 3.40. The second kappa shape index (κ2) is 4.94. The third-order valence-electron chi connectivity index (χ3n) is 2.84. The Morgan fingerprint density at radius 2 is 1.94 bits per heavy atom. The molecular weight excluding hydrogens is 244 g/mol. The fourth-order valence-corrected chi connectivity index (χ4v) is 2.63. The lowest BCUT2D eigenvalue weighted by atomic mass is 10.2. The van der Waals surface area contributed by atoms with E-state index in [4.69, 9.17) is 5.73 Å². The van der Waals surface area contributed by atoms with Crippen molar-refractivity contribution < 1.29 is 0 Å². The molecule has 2 rings (SSSR count). The zero-order valence-corrected chi connectivity index (χ0v) is 11.9. The van der Waals surface area contributed by atoms with Gasteiger partial charge in [-0.15, -0.1) is 11.3 Å². The highest BCUT2D eigenvalue weighted by molar-refractivity contribution is 7.12. The van der Waals surface area contributed by atoms with E-state index in [9.17, 15) is 0 Å². The van der Waals surface area contributed by atoms with E-state index in [2.05, 4.69) is 41.3 Å². The van der Waals surface area contributed by atoms with E-state index >= 15 is 0 Å². The van der Waals surface area contributed by atoms with Crippen LogP contribution >= 0.6 is 11.3 Å². The number of anilines is 2. The van der Waals surface area contributed by atoms with Crippen LogP contribution in [0.5, 0.6) is 0 Å². The first kappa shape index (κ1) is 12.8. The van der Waals surface area contributed by atoms with Crippen LogP contribution in [0.25, 0.3) is 0 Å². The summed E-state index contributed by atoms with van der Waals surface area (Å²) in [5.74, 6) is 2.05. The number of aryl methyl sites for hydroxylation is 2. The fourth-order valence-electron chi connectivity index (χ4n) is 1.75. The summed E-state index contributed by atoms with van der Waals surface area (Å²) in [6.07, 6.45) is 0. The number of hydrogen-bond donors (Lipinski definition) is 2. The van der Waals surface area contributed by atoms with E-state index in [1.165, 1.54) is 9.75 Å². The summed E-state index contributed by atoms with van der Waals surface area (Å²) >= 11 is 1.79. The van der Waals surface area contributed by atoms with Crippen molar-refractivity contribution in [2.75, 3.05) is 11.1 Å². The molecular formula is C13H18N4S. The van der Waals surface area contributed by atoms with Crippen LogP contribution in [-0.2, 0) is 0 Å². The SMILES string of the molecule is Cc1nc(N)c(C)c(NC(C)c2ccc(C)s2)n1. The van der Waals surface area contributed by atoms with E-state index in [1.54, 1.807) is 11.3 Å². The van der Waals surface area contributed by atoms with Gasteiger partial charge in [-0.3, -0.25) is 0 Å². The molecule has 2 heterocycles. The summed E-state index contributed by atoms with van der Waals surface area (Å²) in [6.45, 7) is 8.02. The van der Waals surface area contributed by atoms with E-state index in [0.717, 1.165) is 11.4 Å². The van der Waals surface area contributed by atoms with E-state index < -0.39 is 0 Å². The van der Waals surface area contributed by atoms with Gasteiger partial charge in [-0.1, -0.05) is 0 Å². The van der Waals surface area contributed by atoms with Gasteiger partial charge in [0.15, 0.2) is 0 Å². The Morgan fingerprint density at radius 1 is 1.22 bits per heavy atom. The van der Waals surface area contributed by atoms with E-state index in [-0.39, 0.29) is 6.04 Å². The molecule has 96 valence electrons. The molecule has 0 radical (unpaired) electrons. The van der Waals surface area contributed by atoms with Gasteiger partial charge in [-0.2, -0.15) is 0 Å². The van der Waals surface area contributed by atoms with Crippen molar-refractivity contribution in [2.24, 2.45) is 0 Å². The Kier molecular flexibility index (Phi) is 3.52. The number of thiophene rings is 1. The molecule has 2 aromatic heterocycles. The Morgan fingerprint density at radius 3 is 2.56 bits per heavy atom.